The minimum absolute atomic E-state index is 0.111. The van der Waals surface area contributed by atoms with E-state index in [2.05, 4.69) is 4.98 Å². The number of nitrogens with two attached hydrogens (primary N) is 1. The molecule has 0 amide bonds. The van der Waals surface area contributed by atoms with Gasteiger partial charge in [-0.05, 0) is 19.3 Å². The Balaban J connectivity index is 2.24. The molecule has 2 rings (SSSR count). The molecular formula is C10H17N3O2S2. The van der Waals surface area contributed by atoms with E-state index in [0.29, 0.717) is 18.1 Å². The molecule has 0 saturated carbocycles. The molecule has 0 radical (unpaired) electrons. The smallest absolute Gasteiger partial charge is 0.214 e. The van der Waals surface area contributed by atoms with Crippen LogP contribution in [0.3, 0.4) is 0 Å². The second-order valence-corrected chi connectivity index (χ2v) is 7.13. The van der Waals surface area contributed by atoms with Gasteiger partial charge < -0.3 is 5.73 Å². The van der Waals surface area contributed by atoms with E-state index >= 15 is 0 Å². The Hall–Kier alpha value is -0.660. The minimum Gasteiger partial charge on any atom is -0.375 e. The summed E-state index contributed by atoms with van der Waals surface area (Å²) in [4.78, 5) is 4.21. The van der Waals surface area contributed by atoms with Gasteiger partial charge in [0.1, 0.15) is 0 Å². The standard InChI is InChI=1S/C10H17N3O2S2/c1-2-6-17(14,15)13-5-3-4-9(13)8-7-16-10(11)12-8/h7,9H,2-6H2,1H3,(H2,11,12). The van der Waals surface area contributed by atoms with Crippen LogP contribution in [0, 0.1) is 0 Å². The van der Waals surface area contributed by atoms with E-state index < -0.39 is 10.0 Å². The van der Waals surface area contributed by atoms with Crippen molar-refractivity contribution >= 4 is 26.5 Å². The summed E-state index contributed by atoms with van der Waals surface area (Å²) in [5.74, 6) is 0.211. The van der Waals surface area contributed by atoms with Gasteiger partial charge in [-0.15, -0.1) is 11.3 Å². The van der Waals surface area contributed by atoms with Crippen molar-refractivity contribution in [2.45, 2.75) is 32.2 Å². The molecule has 96 valence electrons. The molecule has 7 heteroatoms. The van der Waals surface area contributed by atoms with Gasteiger partial charge in [-0.25, -0.2) is 13.4 Å². The zero-order chi connectivity index (χ0) is 12.5. The fourth-order valence-corrected chi connectivity index (χ4v) is 4.57. The Labute approximate surface area is 106 Å². The highest BCUT2D eigenvalue weighted by molar-refractivity contribution is 7.89. The topological polar surface area (TPSA) is 76.3 Å². The van der Waals surface area contributed by atoms with Crippen molar-refractivity contribution < 1.29 is 8.42 Å². The first-order valence-electron chi connectivity index (χ1n) is 5.75. The molecule has 1 aliphatic heterocycles. The maximum atomic E-state index is 12.1. The Bertz CT molecular complexity index is 483. The van der Waals surface area contributed by atoms with Crippen molar-refractivity contribution in [1.29, 1.82) is 0 Å². The van der Waals surface area contributed by atoms with Crippen molar-refractivity contribution in [2.75, 3.05) is 18.0 Å². The quantitative estimate of drug-likeness (QED) is 0.905. The monoisotopic (exact) mass is 275 g/mol. The van der Waals surface area contributed by atoms with E-state index in [1.807, 2.05) is 12.3 Å². The Kier molecular flexibility index (Phi) is 3.70. The van der Waals surface area contributed by atoms with Crippen LogP contribution < -0.4 is 5.73 Å². The van der Waals surface area contributed by atoms with Crippen LogP contribution in [-0.2, 0) is 10.0 Å². The van der Waals surface area contributed by atoms with Crippen LogP contribution >= 0.6 is 11.3 Å². The largest absolute Gasteiger partial charge is 0.375 e. The number of hydrogen-bond donors (Lipinski definition) is 1. The first-order chi connectivity index (χ1) is 8.04. The summed E-state index contributed by atoms with van der Waals surface area (Å²) < 4.78 is 25.8. The number of hydrogen-bond acceptors (Lipinski definition) is 5. The van der Waals surface area contributed by atoms with Crippen LogP contribution in [0.5, 0.6) is 0 Å². The lowest BCUT2D eigenvalue weighted by Gasteiger charge is -2.22. The van der Waals surface area contributed by atoms with Crippen molar-refractivity contribution in [3.05, 3.63) is 11.1 Å². The van der Waals surface area contributed by atoms with Crippen molar-refractivity contribution in [3.63, 3.8) is 0 Å². The molecule has 0 spiro atoms. The normalized spacial score (nSPS) is 22.1. The number of nitrogen functional groups attached to an aromatic ring is 1. The molecular weight excluding hydrogens is 258 g/mol. The Morgan fingerprint density at radius 1 is 1.65 bits per heavy atom. The number of thiazole rings is 1. The summed E-state index contributed by atoms with van der Waals surface area (Å²) in [5, 5.41) is 2.36. The molecule has 1 aromatic rings. The molecule has 1 atom stereocenters. The van der Waals surface area contributed by atoms with E-state index in [-0.39, 0.29) is 11.8 Å². The van der Waals surface area contributed by atoms with Gasteiger partial charge in [-0.3, -0.25) is 0 Å². The van der Waals surface area contributed by atoms with Gasteiger partial charge in [-0.2, -0.15) is 4.31 Å². The lowest BCUT2D eigenvalue weighted by Crippen LogP contribution is -2.32. The average molecular weight is 275 g/mol. The van der Waals surface area contributed by atoms with Gasteiger partial charge in [0.05, 0.1) is 17.5 Å². The molecule has 1 unspecified atom stereocenters. The highest BCUT2D eigenvalue weighted by Gasteiger charge is 2.35. The van der Waals surface area contributed by atoms with Crippen LogP contribution in [0.15, 0.2) is 5.38 Å². The molecule has 1 aromatic heterocycles. The van der Waals surface area contributed by atoms with E-state index in [1.165, 1.54) is 11.3 Å². The number of anilines is 1. The number of rotatable bonds is 4. The van der Waals surface area contributed by atoms with Crippen LogP contribution in [0.2, 0.25) is 0 Å². The predicted octanol–water partition coefficient (Wildman–Crippen LogP) is 1.60. The number of nitrogens with zero attached hydrogens (tertiary/aromatic N) is 2. The van der Waals surface area contributed by atoms with Crippen LogP contribution in [0.1, 0.15) is 37.9 Å². The molecule has 1 aliphatic rings. The molecule has 1 fully saturated rings. The van der Waals surface area contributed by atoms with E-state index in [0.717, 1.165) is 18.5 Å². The van der Waals surface area contributed by atoms with Gasteiger partial charge in [0.2, 0.25) is 10.0 Å². The lowest BCUT2D eigenvalue weighted by molar-refractivity contribution is 0.391. The third kappa shape index (κ3) is 2.61. The highest BCUT2D eigenvalue weighted by atomic mass is 32.2. The second-order valence-electron chi connectivity index (χ2n) is 4.20. The molecule has 0 aliphatic carbocycles. The number of sulfonamides is 1. The molecule has 0 aromatic carbocycles. The average Bonchev–Trinajstić information content (AvgIpc) is 2.84. The van der Waals surface area contributed by atoms with Crippen molar-refractivity contribution in [1.82, 2.24) is 9.29 Å². The van der Waals surface area contributed by atoms with Gasteiger partial charge in [0.15, 0.2) is 5.13 Å². The molecule has 2 N–H and O–H groups in total. The molecule has 1 saturated heterocycles. The maximum Gasteiger partial charge on any atom is 0.214 e. The molecule has 17 heavy (non-hydrogen) atoms. The summed E-state index contributed by atoms with van der Waals surface area (Å²) in [6.07, 6.45) is 2.38. The van der Waals surface area contributed by atoms with Crippen LogP contribution in [0.25, 0.3) is 0 Å². The zero-order valence-electron chi connectivity index (χ0n) is 9.80. The van der Waals surface area contributed by atoms with Gasteiger partial charge >= 0.3 is 0 Å². The molecule has 5 nitrogen and oxygen atoms in total. The first-order valence-corrected chi connectivity index (χ1v) is 8.24. The Morgan fingerprint density at radius 3 is 3.00 bits per heavy atom. The minimum atomic E-state index is -3.14. The van der Waals surface area contributed by atoms with E-state index in [1.54, 1.807) is 4.31 Å². The van der Waals surface area contributed by atoms with Gasteiger partial charge in [-0.1, -0.05) is 6.92 Å². The van der Waals surface area contributed by atoms with Crippen molar-refractivity contribution in [3.8, 4) is 0 Å². The van der Waals surface area contributed by atoms with Gasteiger partial charge in [0.25, 0.3) is 0 Å². The Morgan fingerprint density at radius 2 is 2.41 bits per heavy atom. The summed E-state index contributed by atoms with van der Waals surface area (Å²) in [7, 11) is -3.14. The van der Waals surface area contributed by atoms with Crippen LogP contribution in [0.4, 0.5) is 5.13 Å². The van der Waals surface area contributed by atoms with E-state index in [4.69, 9.17) is 5.73 Å². The fourth-order valence-electron chi connectivity index (χ4n) is 2.20. The first kappa shape index (κ1) is 12.8. The highest BCUT2D eigenvalue weighted by Crippen LogP contribution is 2.35. The lowest BCUT2D eigenvalue weighted by atomic mass is 10.2. The SMILES string of the molecule is CCCS(=O)(=O)N1CCCC1c1csc(N)n1. The third-order valence-corrected chi connectivity index (χ3v) is 5.67. The fraction of sp³-hybridized carbons (Fsp3) is 0.700. The van der Waals surface area contributed by atoms with Crippen LogP contribution in [-0.4, -0.2) is 30.0 Å². The zero-order valence-corrected chi connectivity index (χ0v) is 11.4. The second kappa shape index (κ2) is 4.91. The summed E-state index contributed by atoms with van der Waals surface area (Å²) >= 11 is 1.36. The predicted molar refractivity (Wildman–Crippen MR) is 69.3 cm³/mol. The third-order valence-electron chi connectivity index (χ3n) is 2.90. The molecule has 2 heterocycles. The van der Waals surface area contributed by atoms with Gasteiger partial charge in [0, 0.05) is 11.9 Å². The summed E-state index contributed by atoms with van der Waals surface area (Å²) in [5.41, 5.74) is 6.39. The van der Waals surface area contributed by atoms with E-state index in [9.17, 15) is 8.42 Å². The maximum absolute atomic E-state index is 12.1. The number of aromatic nitrogens is 1. The van der Waals surface area contributed by atoms with Crippen molar-refractivity contribution in [2.24, 2.45) is 0 Å². The summed E-state index contributed by atoms with van der Waals surface area (Å²) in [6.45, 7) is 2.48. The molecule has 0 bridgehead atoms. The summed E-state index contributed by atoms with van der Waals surface area (Å²) in [6, 6.07) is -0.111.